The Labute approximate surface area is 116 Å². The number of nitrogens with zero attached hydrogens (tertiary/aromatic N) is 2. The highest BCUT2D eigenvalue weighted by atomic mass is 15.1. The second kappa shape index (κ2) is 6.70. The zero-order chi connectivity index (χ0) is 13.6. The third kappa shape index (κ3) is 3.34. The maximum absolute atomic E-state index is 9.61. The molecule has 0 radical (unpaired) electrons. The van der Waals surface area contributed by atoms with E-state index in [-0.39, 0.29) is 5.41 Å². The molecule has 0 amide bonds. The van der Waals surface area contributed by atoms with Crippen molar-refractivity contribution in [3.63, 3.8) is 0 Å². The fourth-order valence-electron chi connectivity index (χ4n) is 2.86. The smallest absolute Gasteiger partial charge is 0.0846 e. The van der Waals surface area contributed by atoms with Crippen LogP contribution in [0.1, 0.15) is 31.2 Å². The molecule has 0 unspecified atom stereocenters. The fraction of sp³-hybridized carbons (Fsp3) is 0.562. The van der Waals surface area contributed by atoms with Gasteiger partial charge in [-0.2, -0.15) is 5.26 Å². The molecule has 1 aromatic carbocycles. The molecule has 3 nitrogen and oxygen atoms in total. The van der Waals surface area contributed by atoms with Crippen LogP contribution in [0.5, 0.6) is 0 Å². The van der Waals surface area contributed by atoms with Crippen LogP contribution >= 0.6 is 0 Å². The van der Waals surface area contributed by atoms with E-state index in [1.54, 1.807) is 0 Å². The standard InChI is InChI=1S/C16H23N3/c17-10-4-5-11-19-12-8-16(14-18,9-13-19)15-6-2-1-3-7-15/h1-3,6-7H,4-5,8-13,17H2. The largest absolute Gasteiger partial charge is 0.330 e. The summed E-state index contributed by atoms with van der Waals surface area (Å²) in [6.07, 6.45) is 4.15. The second-order valence-corrected chi connectivity index (χ2v) is 5.40. The van der Waals surface area contributed by atoms with Crippen LogP contribution in [0.2, 0.25) is 0 Å². The Hall–Kier alpha value is -1.37. The molecule has 0 bridgehead atoms. The zero-order valence-electron chi connectivity index (χ0n) is 11.5. The number of nitriles is 1. The maximum Gasteiger partial charge on any atom is 0.0846 e. The highest BCUT2D eigenvalue weighted by molar-refractivity contribution is 5.33. The first-order valence-corrected chi connectivity index (χ1v) is 7.20. The van der Waals surface area contributed by atoms with Gasteiger partial charge in [0.1, 0.15) is 0 Å². The number of likely N-dealkylation sites (tertiary alicyclic amines) is 1. The van der Waals surface area contributed by atoms with Crippen LogP contribution < -0.4 is 5.73 Å². The fourth-order valence-corrected chi connectivity index (χ4v) is 2.86. The van der Waals surface area contributed by atoms with Gasteiger partial charge in [0.05, 0.1) is 11.5 Å². The number of benzene rings is 1. The van der Waals surface area contributed by atoms with Gasteiger partial charge in [-0.25, -0.2) is 0 Å². The van der Waals surface area contributed by atoms with Crippen LogP contribution in [0.3, 0.4) is 0 Å². The van der Waals surface area contributed by atoms with E-state index >= 15 is 0 Å². The average Bonchev–Trinajstić information content (AvgIpc) is 2.49. The Balaban J connectivity index is 1.95. The first-order valence-electron chi connectivity index (χ1n) is 7.20. The summed E-state index contributed by atoms with van der Waals surface area (Å²) in [5, 5.41) is 9.61. The third-order valence-corrected chi connectivity index (χ3v) is 4.18. The molecule has 0 aliphatic carbocycles. The Morgan fingerprint density at radius 2 is 1.84 bits per heavy atom. The molecule has 0 saturated carbocycles. The molecule has 2 N–H and O–H groups in total. The van der Waals surface area contributed by atoms with Crippen LogP contribution in [0.25, 0.3) is 0 Å². The van der Waals surface area contributed by atoms with Crippen LogP contribution in [0.4, 0.5) is 0 Å². The Morgan fingerprint density at radius 3 is 2.42 bits per heavy atom. The quantitative estimate of drug-likeness (QED) is 0.823. The molecule has 2 rings (SSSR count). The molecule has 1 fully saturated rings. The van der Waals surface area contributed by atoms with Crippen LogP contribution in [0.15, 0.2) is 30.3 Å². The predicted molar refractivity (Wildman–Crippen MR) is 77.7 cm³/mol. The first kappa shape index (κ1) is 14.0. The van der Waals surface area contributed by atoms with Gasteiger partial charge in [0.25, 0.3) is 0 Å². The van der Waals surface area contributed by atoms with Crippen molar-refractivity contribution in [2.24, 2.45) is 5.73 Å². The van der Waals surface area contributed by atoms with Crippen molar-refractivity contribution in [2.45, 2.75) is 31.1 Å². The highest BCUT2D eigenvalue weighted by Crippen LogP contribution is 2.34. The minimum atomic E-state index is -0.272. The summed E-state index contributed by atoms with van der Waals surface area (Å²) in [6.45, 7) is 3.94. The molecule has 1 aromatic rings. The molecular weight excluding hydrogens is 234 g/mol. The molecule has 0 aromatic heterocycles. The minimum Gasteiger partial charge on any atom is -0.330 e. The van der Waals surface area contributed by atoms with Gasteiger partial charge < -0.3 is 10.6 Å². The number of nitrogens with two attached hydrogens (primary N) is 1. The second-order valence-electron chi connectivity index (χ2n) is 5.40. The van der Waals surface area contributed by atoms with E-state index < -0.39 is 0 Å². The molecule has 1 aliphatic heterocycles. The van der Waals surface area contributed by atoms with E-state index in [2.05, 4.69) is 23.1 Å². The number of rotatable bonds is 5. The Kier molecular flexibility index (Phi) is 4.95. The molecule has 3 heteroatoms. The average molecular weight is 257 g/mol. The van der Waals surface area contributed by atoms with Crippen molar-refractivity contribution in [1.82, 2.24) is 4.90 Å². The molecule has 19 heavy (non-hydrogen) atoms. The van der Waals surface area contributed by atoms with Crippen molar-refractivity contribution in [3.05, 3.63) is 35.9 Å². The number of hydrogen-bond acceptors (Lipinski definition) is 3. The molecule has 0 atom stereocenters. The molecule has 1 aliphatic rings. The summed E-state index contributed by atoms with van der Waals surface area (Å²) < 4.78 is 0. The van der Waals surface area contributed by atoms with E-state index in [1.807, 2.05) is 18.2 Å². The van der Waals surface area contributed by atoms with Gasteiger partial charge in [0, 0.05) is 0 Å². The van der Waals surface area contributed by atoms with Gasteiger partial charge in [-0.3, -0.25) is 0 Å². The van der Waals surface area contributed by atoms with Gasteiger partial charge in [-0.1, -0.05) is 30.3 Å². The SMILES string of the molecule is N#CC1(c2ccccc2)CCN(CCCCN)CC1. The lowest BCUT2D eigenvalue weighted by Crippen LogP contribution is -2.42. The van der Waals surface area contributed by atoms with Gasteiger partial charge in [-0.05, 0) is 57.4 Å². The monoisotopic (exact) mass is 257 g/mol. The topological polar surface area (TPSA) is 53.0 Å². The van der Waals surface area contributed by atoms with Gasteiger partial charge in [0.15, 0.2) is 0 Å². The third-order valence-electron chi connectivity index (χ3n) is 4.18. The van der Waals surface area contributed by atoms with E-state index in [4.69, 9.17) is 5.73 Å². The van der Waals surface area contributed by atoms with Crippen molar-refractivity contribution < 1.29 is 0 Å². The summed E-state index contributed by atoms with van der Waals surface area (Å²) in [7, 11) is 0. The van der Waals surface area contributed by atoms with Crippen molar-refractivity contribution in [1.29, 1.82) is 5.26 Å². The Morgan fingerprint density at radius 1 is 1.16 bits per heavy atom. The zero-order valence-corrected chi connectivity index (χ0v) is 11.5. The first-order chi connectivity index (χ1) is 9.30. The Bertz CT molecular complexity index is 413. The van der Waals surface area contributed by atoms with Crippen molar-refractivity contribution >= 4 is 0 Å². The molecular formula is C16H23N3. The van der Waals surface area contributed by atoms with Crippen LogP contribution in [-0.2, 0) is 5.41 Å². The van der Waals surface area contributed by atoms with E-state index in [9.17, 15) is 5.26 Å². The number of unbranched alkanes of at least 4 members (excludes halogenated alkanes) is 1. The van der Waals surface area contributed by atoms with Crippen molar-refractivity contribution in [3.8, 4) is 6.07 Å². The summed E-state index contributed by atoms with van der Waals surface area (Å²) in [5.41, 5.74) is 6.43. The lowest BCUT2D eigenvalue weighted by molar-refractivity contribution is 0.183. The molecule has 0 spiro atoms. The van der Waals surface area contributed by atoms with Gasteiger partial charge >= 0.3 is 0 Å². The van der Waals surface area contributed by atoms with Gasteiger partial charge in [0.2, 0.25) is 0 Å². The highest BCUT2D eigenvalue weighted by Gasteiger charge is 2.35. The van der Waals surface area contributed by atoms with E-state index in [1.165, 1.54) is 12.0 Å². The van der Waals surface area contributed by atoms with Crippen LogP contribution in [-0.4, -0.2) is 31.1 Å². The molecule has 1 saturated heterocycles. The molecule has 102 valence electrons. The lowest BCUT2D eigenvalue weighted by atomic mass is 9.74. The summed E-state index contributed by atoms with van der Waals surface area (Å²) in [4.78, 5) is 2.47. The summed E-state index contributed by atoms with van der Waals surface area (Å²) >= 11 is 0. The number of hydrogen-bond donors (Lipinski definition) is 1. The lowest BCUT2D eigenvalue weighted by Gasteiger charge is -2.37. The minimum absolute atomic E-state index is 0.272. The normalized spacial score (nSPS) is 18.9. The van der Waals surface area contributed by atoms with Gasteiger partial charge in [-0.15, -0.1) is 0 Å². The maximum atomic E-state index is 9.61. The van der Waals surface area contributed by atoms with E-state index in [0.717, 1.165) is 45.4 Å². The van der Waals surface area contributed by atoms with Crippen LogP contribution in [0, 0.1) is 11.3 Å². The molecule has 1 heterocycles. The summed E-state index contributed by atoms with van der Waals surface area (Å²) in [5.74, 6) is 0. The number of piperidine rings is 1. The van der Waals surface area contributed by atoms with E-state index in [0.29, 0.717) is 0 Å². The van der Waals surface area contributed by atoms with Crippen molar-refractivity contribution in [2.75, 3.05) is 26.2 Å². The predicted octanol–water partition coefficient (Wildman–Crippen LogP) is 2.28. The summed E-state index contributed by atoms with van der Waals surface area (Å²) in [6, 6.07) is 12.8.